The summed E-state index contributed by atoms with van der Waals surface area (Å²) in [6, 6.07) is 34.9. The molecule has 0 spiro atoms. The molecule has 3 aromatic heterocycles. The molecule has 0 atom stereocenters. The Bertz CT molecular complexity index is 1480. The predicted molar refractivity (Wildman–Crippen MR) is 139 cm³/mol. The molecule has 35 heavy (non-hydrogen) atoms. The molecule has 0 fully saturated rings. The number of nitrogens with one attached hydrogen (secondary N) is 1. The lowest BCUT2D eigenvalue weighted by Gasteiger charge is -2.02. The normalized spacial score (nSPS) is 11.0. The van der Waals surface area contributed by atoms with Crippen molar-refractivity contribution in [1.29, 1.82) is 0 Å². The molecule has 0 aliphatic heterocycles. The summed E-state index contributed by atoms with van der Waals surface area (Å²) < 4.78 is 1.97. The smallest absolute Gasteiger partial charge is 0.159 e. The third-order valence-electron chi connectivity index (χ3n) is 5.96. The second-order valence-corrected chi connectivity index (χ2v) is 8.36. The molecule has 168 valence electrons. The Labute approximate surface area is 203 Å². The van der Waals surface area contributed by atoms with Crippen LogP contribution >= 0.6 is 0 Å². The van der Waals surface area contributed by atoms with Crippen LogP contribution in [0.5, 0.6) is 0 Å². The van der Waals surface area contributed by atoms with Gasteiger partial charge in [0.05, 0.1) is 17.9 Å². The Balaban J connectivity index is 1.52. The van der Waals surface area contributed by atoms with Crippen molar-refractivity contribution in [1.82, 2.24) is 24.7 Å². The largest absolute Gasteiger partial charge is 0.336 e. The Morgan fingerprint density at radius 3 is 2.00 bits per heavy atom. The van der Waals surface area contributed by atoms with Crippen LogP contribution in [-0.2, 0) is 6.54 Å². The van der Waals surface area contributed by atoms with Gasteiger partial charge in [0, 0.05) is 40.8 Å². The molecule has 0 radical (unpaired) electrons. The Morgan fingerprint density at radius 2 is 1.31 bits per heavy atom. The van der Waals surface area contributed by atoms with Crippen LogP contribution in [0.4, 0.5) is 0 Å². The lowest BCUT2D eigenvalue weighted by Crippen LogP contribution is -2.00. The van der Waals surface area contributed by atoms with Gasteiger partial charge in [-0.3, -0.25) is 9.67 Å². The van der Waals surface area contributed by atoms with Gasteiger partial charge in [-0.1, -0.05) is 97.1 Å². The predicted octanol–water partition coefficient (Wildman–Crippen LogP) is 6.72. The van der Waals surface area contributed by atoms with E-state index in [0.717, 1.165) is 45.2 Å². The summed E-state index contributed by atoms with van der Waals surface area (Å²) in [6.07, 6.45) is 5.73. The molecule has 3 heterocycles. The van der Waals surface area contributed by atoms with Gasteiger partial charge in [-0.2, -0.15) is 5.10 Å². The number of aromatic amines is 1. The average molecular weight is 454 g/mol. The number of rotatable bonds is 6. The van der Waals surface area contributed by atoms with Crippen molar-refractivity contribution in [2.75, 3.05) is 0 Å². The summed E-state index contributed by atoms with van der Waals surface area (Å²) >= 11 is 0. The minimum absolute atomic E-state index is 0.673. The number of aromatic nitrogens is 5. The van der Waals surface area contributed by atoms with Gasteiger partial charge in [-0.15, -0.1) is 0 Å². The van der Waals surface area contributed by atoms with E-state index in [4.69, 9.17) is 10.1 Å². The number of hydrogen-bond acceptors (Lipinski definition) is 3. The number of benzene rings is 3. The zero-order valence-corrected chi connectivity index (χ0v) is 19.0. The maximum absolute atomic E-state index is 5.08. The second kappa shape index (κ2) is 9.23. The highest BCUT2D eigenvalue weighted by Gasteiger charge is 2.20. The van der Waals surface area contributed by atoms with Crippen LogP contribution in [0.15, 0.2) is 122 Å². The number of hydrogen-bond donors (Lipinski definition) is 1. The fraction of sp³-hybridized carbons (Fsp3) is 0.0333. The lowest BCUT2D eigenvalue weighted by molar-refractivity contribution is 0.688. The van der Waals surface area contributed by atoms with Gasteiger partial charge in [0.15, 0.2) is 5.82 Å². The molecule has 3 aromatic carbocycles. The summed E-state index contributed by atoms with van der Waals surface area (Å²) in [5, 5.41) is 4.99. The van der Waals surface area contributed by atoms with E-state index in [0.29, 0.717) is 6.54 Å². The van der Waals surface area contributed by atoms with Crippen molar-refractivity contribution >= 4 is 0 Å². The minimum Gasteiger partial charge on any atom is -0.336 e. The van der Waals surface area contributed by atoms with Crippen molar-refractivity contribution in [3.05, 3.63) is 127 Å². The first kappa shape index (κ1) is 20.8. The summed E-state index contributed by atoms with van der Waals surface area (Å²) in [5.74, 6) is 0.730. The summed E-state index contributed by atoms with van der Waals surface area (Å²) in [7, 11) is 0. The van der Waals surface area contributed by atoms with E-state index in [1.807, 2.05) is 71.5 Å². The molecule has 5 heteroatoms. The first-order chi connectivity index (χ1) is 17.3. The zero-order valence-electron chi connectivity index (χ0n) is 19.0. The molecule has 0 saturated carbocycles. The molecular weight excluding hydrogens is 430 g/mol. The van der Waals surface area contributed by atoms with Crippen molar-refractivity contribution in [2.24, 2.45) is 0 Å². The molecule has 6 rings (SSSR count). The third kappa shape index (κ3) is 4.27. The molecule has 0 bridgehead atoms. The first-order valence-electron chi connectivity index (χ1n) is 11.6. The Hall–Kier alpha value is -4.77. The number of imidazole rings is 1. The van der Waals surface area contributed by atoms with E-state index in [9.17, 15) is 0 Å². The van der Waals surface area contributed by atoms with Crippen LogP contribution in [0.2, 0.25) is 0 Å². The zero-order chi connectivity index (χ0) is 23.5. The quantitative estimate of drug-likeness (QED) is 0.305. The van der Waals surface area contributed by atoms with Gasteiger partial charge in [-0.25, -0.2) is 4.98 Å². The molecule has 0 unspecified atom stereocenters. The molecule has 6 aromatic rings. The van der Waals surface area contributed by atoms with Gasteiger partial charge >= 0.3 is 0 Å². The van der Waals surface area contributed by atoms with Gasteiger partial charge in [0.25, 0.3) is 0 Å². The van der Waals surface area contributed by atoms with E-state index >= 15 is 0 Å². The SMILES string of the molecule is c1ccc(Cn2cc(-c3cccnc3)c(-c3nc(-c4ccccc4)c(-c4ccccc4)[nH]3)n2)cc1. The van der Waals surface area contributed by atoms with Crippen LogP contribution in [0.3, 0.4) is 0 Å². The molecule has 0 aliphatic rings. The van der Waals surface area contributed by atoms with Crippen LogP contribution in [0.25, 0.3) is 45.2 Å². The molecule has 5 nitrogen and oxygen atoms in total. The Kier molecular flexibility index (Phi) is 5.49. The van der Waals surface area contributed by atoms with Gasteiger partial charge < -0.3 is 4.98 Å². The van der Waals surface area contributed by atoms with E-state index in [1.165, 1.54) is 5.56 Å². The van der Waals surface area contributed by atoms with Crippen LogP contribution in [0.1, 0.15) is 5.56 Å². The summed E-state index contributed by atoms with van der Waals surface area (Å²) in [4.78, 5) is 13.0. The summed E-state index contributed by atoms with van der Waals surface area (Å²) in [5.41, 5.74) is 7.99. The maximum atomic E-state index is 5.08. The topological polar surface area (TPSA) is 59.4 Å². The van der Waals surface area contributed by atoms with E-state index in [-0.39, 0.29) is 0 Å². The van der Waals surface area contributed by atoms with Crippen molar-refractivity contribution in [2.45, 2.75) is 6.54 Å². The van der Waals surface area contributed by atoms with Crippen molar-refractivity contribution < 1.29 is 0 Å². The van der Waals surface area contributed by atoms with Crippen LogP contribution < -0.4 is 0 Å². The molecule has 0 aliphatic carbocycles. The number of H-pyrrole nitrogens is 1. The third-order valence-corrected chi connectivity index (χ3v) is 5.96. The number of pyridine rings is 1. The second-order valence-electron chi connectivity index (χ2n) is 8.36. The highest BCUT2D eigenvalue weighted by molar-refractivity contribution is 5.84. The van der Waals surface area contributed by atoms with E-state index < -0.39 is 0 Å². The molecule has 0 amide bonds. The molecular formula is C30H23N5. The number of nitrogens with zero attached hydrogens (tertiary/aromatic N) is 4. The van der Waals surface area contributed by atoms with Crippen molar-refractivity contribution in [3.8, 4) is 45.2 Å². The standard InChI is InChI=1S/C30H23N5/c1-4-11-22(12-5-1)20-35-21-26(25-17-10-18-31-19-25)29(34-35)30-32-27(23-13-6-2-7-14-23)28(33-30)24-15-8-3-9-16-24/h1-19,21H,20H2,(H,32,33). The monoisotopic (exact) mass is 453 g/mol. The minimum atomic E-state index is 0.673. The van der Waals surface area contributed by atoms with Gasteiger partial charge in [-0.05, 0) is 11.6 Å². The maximum Gasteiger partial charge on any atom is 0.159 e. The van der Waals surface area contributed by atoms with Gasteiger partial charge in [0.1, 0.15) is 5.69 Å². The average Bonchev–Trinajstić information content (AvgIpc) is 3.56. The lowest BCUT2D eigenvalue weighted by atomic mass is 10.1. The molecule has 0 saturated heterocycles. The van der Waals surface area contributed by atoms with Crippen molar-refractivity contribution in [3.63, 3.8) is 0 Å². The van der Waals surface area contributed by atoms with E-state index in [2.05, 4.69) is 58.6 Å². The summed E-state index contributed by atoms with van der Waals surface area (Å²) in [6.45, 7) is 0.673. The van der Waals surface area contributed by atoms with Crippen LogP contribution in [-0.4, -0.2) is 24.7 Å². The Morgan fingerprint density at radius 1 is 0.657 bits per heavy atom. The highest BCUT2D eigenvalue weighted by Crippen LogP contribution is 2.36. The van der Waals surface area contributed by atoms with Gasteiger partial charge in [0.2, 0.25) is 0 Å². The van der Waals surface area contributed by atoms with E-state index in [1.54, 1.807) is 6.20 Å². The first-order valence-corrected chi connectivity index (χ1v) is 11.6. The fourth-order valence-electron chi connectivity index (χ4n) is 4.29. The van der Waals surface area contributed by atoms with Crippen LogP contribution in [0, 0.1) is 0 Å². The molecule has 1 N–H and O–H groups in total. The highest BCUT2D eigenvalue weighted by atomic mass is 15.3. The fourth-order valence-corrected chi connectivity index (χ4v) is 4.29.